The molecule has 0 N–H and O–H groups in total. The Labute approximate surface area is 100 Å². The van der Waals surface area contributed by atoms with Crippen molar-refractivity contribution in [2.24, 2.45) is 0 Å². The monoisotopic (exact) mass is 227 g/mol. The van der Waals surface area contributed by atoms with E-state index < -0.39 is 0 Å². The number of rotatable bonds is 2. The number of hydrogen-bond acceptors (Lipinski definition) is 3. The van der Waals surface area contributed by atoms with E-state index in [4.69, 9.17) is 4.74 Å². The molecule has 0 unspecified atom stereocenters. The van der Waals surface area contributed by atoms with Gasteiger partial charge in [-0.2, -0.15) is 0 Å². The van der Waals surface area contributed by atoms with Crippen LogP contribution in [0.15, 0.2) is 42.6 Å². The number of aromatic nitrogens is 1. The Morgan fingerprint density at radius 1 is 1.18 bits per heavy atom. The van der Waals surface area contributed by atoms with E-state index >= 15 is 0 Å². The average Bonchev–Trinajstić information content (AvgIpc) is 2.32. The largest absolute Gasteiger partial charge is 0.421 e. The maximum absolute atomic E-state index is 11.8. The number of aryl methyl sites for hydroxylation is 2. The highest BCUT2D eigenvalue weighted by Gasteiger charge is 2.08. The van der Waals surface area contributed by atoms with Crippen molar-refractivity contribution in [3.05, 3.63) is 59.4 Å². The molecule has 0 aliphatic rings. The van der Waals surface area contributed by atoms with Gasteiger partial charge in [0.1, 0.15) is 5.75 Å². The smallest absolute Gasteiger partial charge is 0.343 e. The van der Waals surface area contributed by atoms with Crippen molar-refractivity contribution >= 4 is 5.97 Å². The third-order valence-corrected chi connectivity index (χ3v) is 2.35. The summed E-state index contributed by atoms with van der Waals surface area (Å²) in [5.74, 6) is 0.0986. The van der Waals surface area contributed by atoms with Crippen molar-refractivity contribution < 1.29 is 9.53 Å². The Morgan fingerprint density at radius 2 is 2.00 bits per heavy atom. The van der Waals surface area contributed by atoms with Crippen LogP contribution in [-0.2, 0) is 0 Å². The number of pyridine rings is 1. The molecule has 0 amide bonds. The lowest BCUT2D eigenvalue weighted by atomic mass is 10.1. The van der Waals surface area contributed by atoms with Gasteiger partial charge in [-0.25, -0.2) is 4.79 Å². The predicted molar refractivity (Wildman–Crippen MR) is 65.1 cm³/mol. The van der Waals surface area contributed by atoms with E-state index in [1.165, 1.54) is 0 Å². The van der Waals surface area contributed by atoms with Crippen LogP contribution in [0, 0.1) is 13.8 Å². The number of benzene rings is 1. The molecule has 0 saturated heterocycles. The van der Waals surface area contributed by atoms with Crippen molar-refractivity contribution in [1.29, 1.82) is 0 Å². The fourth-order valence-electron chi connectivity index (χ4n) is 1.45. The zero-order valence-electron chi connectivity index (χ0n) is 9.81. The van der Waals surface area contributed by atoms with Gasteiger partial charge >= 0.3 is 5.97 Å². The number of nitrogens with zero attached hydrogens (tertiary/aromatic N) is 1. The minimum Gasteiger partial charge on any atom is -0.421 e. The summed E-state index contributed by atoms with van der Waals surface area (Å²) in [6.45, 7) is 3.82. The second-order valence-electron chi connectivity index (χ2n) is 3.89. The van der Waals surface area contributed by atoms with Gasteiger partial charge in [-0.05, 0) is 38.1 Å². The van der Waals surface area contributed by atoms with E-state index in [2.05, 4.69) is 4.98 Å². The molecule has 0 spiro atoms. The molecule has 1 aromatic heterocycles. The highest BCUT2D eigenvalue weighted by Crippen LogP contribution is 2.12. The van der Waals surface area contributed by atoms with Crippen LogP contribution < -0.4 is 4.74 Å². The molecule has 3 nitrogen and oxygen atoms in total. The third kappa shape index (κ3) is 2.91. The van der Waals surface area contributed by atoms with Crippen molar-refractivity contribution in [3.8, 4) is 5.75 Å². The van der Waals surface area contributed by atoms with Crippen molar-refractivity contribution in [3.63, 3.8) is 0 Å². The van der Waals surface area contributed by atoms with Crippen LogP contribution >= 0.6 is 0 Å². The normalized spacial score (nSPS) is 10.0. The van der Waals surface area contributed by atoms with Crippen LogP contribution in [0.25, 0.3) is 0 Å². The molecule has 2 aromatic rings. The Kier molecular flexibility index (Phi) is 3.19. The van der Waals surface area contributed by atoms with Crippen molar-refractivity contribution in [2.75, 3.05) is 0 Å². The molecule has 0 radical (unpaired) electrons. The van der Waals surface area contributed by atoms with Gasteiger partial charge < -0.3 is 4.74 Å². The summed E-state index contributed by atoms with van der Waals surface area (Å²) in [7, 11) is 0. The molecule has 0 bridgehead atoms. The lowest BCUT2D eigenvalue weighted by molar-refractivity contribution is 0.0734. The molecule has 1 aromatic carbocycles. The molecule has 0 atom stereocenters. The zero-order valence-corrected chi connectivity index (χ0v) is 9.81. The van der Waals surface area contributed by atoms with Crippen LogP contribution in [-0.4, -0.2) is 11.0 Å². The number of carbonyl (C=O) groups is 1. The fourth-order valence-corrected chi connectivity index (χ4v) is 1.45. The predicted octanol–water partition coefficient (Wildman–Crippen LogP) is 2.92. The Hall–Kier alpha value is -2.16. The maximum atomic E-state index is 11.8. The summed E-state index contributed by atoms with van der Waals surface area (Å²) >= 11 is 0. The van der Waals surface area contributed by atoms with E-state index in [-0.39, 0.29) is 5.97 Å². The van der Waals surface area contributed by atoms with E-state index in [0.29, 0.717) is 11.3 Å². The topological polar surface area (TPSA) is 39.2 Å². The third-order valence-electron chi connectivity index (χ3n) is 2.35. The molecular formula is C14H13NO2. The highest BCUT2D eigenvalue weighted by atomic mass is 16.5. The Morgan fingerprint density at radius 3 is 2.65 bits per heavy atom. The summed E-state index contributed by atoms with van der Waals surface area (Å²) < 4.78 is 5.21. The molecule has 0 aliphatic heterocycles. The van der Waals surface area contributed by atoms with Crippen LogP contribution in [0.2, 0.25) is 0 Å². The number of hydrogen-bond donors (Lipinski definition) is 0. The van der Waals surface area contributed by atoms with E-state index in [0.717, 1.165) is 11.3 Å². The van der Waals surface area contributed by atoms with Gasteiger partial charge in [-0.1, -0.05) is 17.7 Å². The minimum absolute atomic E-state index is 0.362. The van der Waals surface area contributed by atoms with Gasteiger partial charge in [-0.3, -0.25) is 4.98 Å². The van der Waals surface area contributed by atoms with Gasteiger partial charge in [-0.15, -0.1) is 0 Å². The van der Waals surface area contributed by atoms with Crippen LogP contribution in [0.4, 0.5) is 0 Å². The molecular weight excluding hydrogens is 214 g/mol. The van der Waals surface area contributed by atoms with Crippen LogP contribution in [0.3, 0.4) is 0 Å². The molecule has 3 heteroatoms. The molecule has 17 heavy (non-hydrogen) atoms. The molecule has 86 valence electrons. The summed E-state index contributed by atoms with van der Waals surface area (Å²) in [6, 6.07) is 10.8. The second kappa shape index (κ2) is 4.78. The van der Waals surface area contributed by atoms with Gasteiger partial charge in [0.15, 0.2) is 0 Å². The number of ether oxygens (including phenoxy) is 1. The first kappa shape index (κ1) is 11.3. The van der Waals surface area contributed by atoms with Crippen molar-refractivity contribution in [2.45, 2.75) is 13.8 Å². The van der Waals surface area contributed by atoms with Crippen LogP contribution in [0.1, 0.15) is 21.6 Å². The first-order valence-corrected chi connectivity index (χ1v) is 5.36. The molecule has 1 heterocycles. The lowest BCUT2D eigenvalue weighted by Gasteiger charge is -2.04. The number of carbonyl (C=O) groups excluding carboxylic acids is 1. The minimum atomic E-state index is -0.362. The Bertz CT molecular complexity index is 532. The van der Waals surface area contributed by atoms with E-state index in [1.807, 2.05) is 26.0 Å². The highest BCUT2D eigenvalue weighted by molar-refractivity contribution is 5.91. The van der Waals surface area contributed by atoms with Gasteiger partial charge in [0.2, 0.25) is 0 Å². The second-order valence-corrected chi connectivity index (χ2v) is 3.89. The van der Waals surface area contributed by atoms with Gasteiger partial charge in [0.25, 0.3) is 0 Å². The van der Waals surface area contributed by atoms with Crippen molar-refractivity contribution in [1.82, 2.24) is 4.98 Å². The number of esters is 1. The molecule has 0 aliphatic carbocycles. The standard InChI is InChI=1S/C14H13NO2/c1-10-4-3-5-12(8-10)14(16)17-13-7-6-11(2)15-9-13/h3-9H,1-2H3. The maximum Gasteiger partial charge on any atom is 0.343 e. The van der Waals surface area contributed by atoms with Gasteiger partial charge in [0.05, 0.1) is 11.8 Å². The summed E-state index contributed by atoms with van der Waals surface area (Å²) in [4.78, 5) is 15.9. The van der Waals surface area contributed by atoms with E-state index in [1.54, 1.807) is 30.5 Å². The Balaban J connectivity index is 2.14. The summed E-state index contributed by atoms with van der Waals surface area (Å²) in [5.41, 5.74) is 2.47. The molecule has 2 rings (SSSR count). The average molecular weight is 227 g/mol. The summed E-state index contributed by atoms with van der Waals surface area (Å²) in [6.07, 6.45) is 1.54. The first-order chi connectivity index (χ1) is 8.15. The fraction of sp³-hybridized carbons (Fsp3) is 0.143. The quantitative estimate of drug-likeness (QED) is 0.740. The molecule has 0 fully saturated rings. The summed E-state index contributed by atoms with van der Waals surface area (Å²) in [5, 5.41) is 0. The zero-order chi connectivity index (χ0) is 12.3. The molecule has 0 saturated carbocycles. The van der Waals surface area contributed by atoms with Gasteiger partial charge in [0, 0.05) is 5.69 Å². The van der Waals surface area contributed by atoms with E-state index in [9.17, 15) is 4.79 Å². The lowest BCUT2D eigenvalue weighted by Crippen LogP contribution is -2.08. The SMILES string of the molecule is Cc1cccc(C(=O)Oc2ccc(C)nc2)c1. The van der Waals surface area contributed by atoms with Crippen LogP contribution in [0.5, 0.6) is 5.75 Å². The first-order valence-electron chi connectivity index (χ1n) is 5.36.